The van der Waals surface area contributed by atoms with Crippen LogP contribution in [0.1, 0.15) is 18.1 Å². The van der Waals surface area contributed by atoms with Gasteiger partial charge in [-0.2, -0.15) is 0 Å². The van der Waals surface area contributed by atoms with Crippen molar-refractivity contribution in [3.8, 4) is 11.5 Å². The highest BCUT2D eigenvalue weighted by Gasteiger charge is 2.14. The van der Waals surface area contributed by atoms with Gasteiger partial charge in [-0.05, 0) is 30.7 Å². The Morgan fingerprint density at radius 1 is 1.19 bits per heavy atom. The van der Waals surface area contributed by atoms with Crippen molar-refractivity contribution in [3.05, 3.63) is 57.3 Å². The van der Waals surface area contributed by atoms with E-state index in [0.29, 0.717) is 28.7 Å². The smallest absolute Gasteiger partial charge is 0.317 e. The minimum Gasteiger partial charge on any atom is -0.490 e. The highest BCUT2D eigenvalue weighted by atomic mass is 35.5. The molecule has 0 fully saturated rings. The van der Waals surface area contributed by atoms with E-state index in [-0.39, 0.29) is 30.3 Å². The molecule has 0 aliphatic heterocycles. The lowest BCUT2D eigenvalue weighted by molar-refractivity contribution is -0.135. The summed E-state index contributed by atoms with van der Waals surface area (Å²) in [7, 11) is 0. The Hall–Kier alpha value is -2.02. The first kappa shape index (κ1) is 20.3. The molecule has 0 aromatic heterocycles. The van der Waals surface area contributed by atoms with Crippen molar-refractivity contribution in [1.29, 1.82) is 0 Å². The molecule has 26 heavy (non-hydrogen) atoms. The van der Waals surface area contributed by atoms with E-state index >= 15 is 0 Å². The van der Waals surface area contributed by atoms with Crippen molar-refractivity contribution in [2.45, 2.75) is 20.1 Å². The van der Waals surface area contributed by atoms with Crippen molar-refractivity contribution in [2.75, 3.05) is 13.2 Å². The molecule has 2 aromatic rings. The van der Waals surface area contributed by atoms with E-state index in [0.717, 1.165) is 0 Å². The Bertz CT molecular complexity index is 766. The standard InChI is InChI=1S/C18H18Cl2FNO4/c1-2-25-16-6-11(8-22-9-18(23)24)14(20)7-17(16)26-10-12-13(19)4-3-5-15(12)21/h3-7,22H,2,8-10H2,1H3,(H,23,24). The van der Waals surface area contributed by atoms with Gasteiger partial charge >= 0.3 is 5.97 Å². The fourth-order valence-electron chi connectivity index (χ4n) is 2.22. The topological polar surface area (TPSA) is 67.8 Å². The first-order valence-electron chi connectivity index (χ1n) is 7.85. The summed E-state index contributed by atoms with van der Waals surface area (Å²) in [5.41, 5.74) is 0.896. The maximum atomic E-state index is 13.9. The van der Waals surface area contributed by atoms with Gasteiger partial charge in [-0.25, -0.2) is 4.39 Å². The number of carboxylic acids is 1. The third kappa shape index (κ3) is 5.49. The van der Waals surface area contributed by atoms with Crippen LogP contribution in [-0.2, 0) is 17.9 Å². The number of nitrogens with one attached hydrogen (secondary N) is 1. The number of hydrogen-bond donors (Lipinski definition) is 2. The van der Waals surface area contributed by atoms with Crippen LogP contribution < -0.4 is 14.8 Å². The van der Waals surface area contributed by atoms with Crippen LogP contribution in [0.5, 0.6) is 11.5 Å². The van der Waals surface area contributed by atoms with Crippen molar-refractivity contribution < 1.29 is 23.8 Å². The molecule has 140 valence electrons. The zero-order valence-corrected chi connectivity index (χ0v) is 15.5. The predicted octanol–water partition coefficient (Wildman–Crippen LogP) is 4.28. The normalized spacial score (nSPS) is 10.6. The summed E-state index contributed by atoms with van der Waals surface area (Å²) >= 11 is 12.2. The van der Waals surface area contributed by atoms with E-state index in [1.165, 1.54) is 12.1 Å². The molecule has 0 bridgehead atoms. The van der Waals surface area contributed by atoms with Gasteiger partial charge in [0.05, 0.1) is 18.2 Å². The van der Waals surface area contributed by atoms with E-state index < -0.39 is 11.8 Å². The van der Waals surface area contributed by atoms with E-state index in [9.17, 15) is 9.18 Å². The van der Waals surface area contributed by atoms with Gasteiger partial charge in [0.1, 0.15) is 12.4 Å². The third-order valence-corrected chi connectivity index (χ3v) is 4.14. The summed E-state index contributed by atoms with van der Waals surface area (Å²) in [4.78, 5) is 10.6. The monoisotopic (exact) mass is 401 g/mol. The van der Waals surface area contributed by atoms with Gasteiger partial charge in [-0.1, -0.05) is 29.3 Å². The van der Waals surface area contributed by atoms with Crippen LogP contribution in [0.2, 0.25) is 10.0 Å². The van der Waals surface area contributed by atoms with Gasteiger partial charge in [-0.3, -0.25) is 4.79 Å². The second kappa shape index (κ2) is 9.62. The largest absolute Gasteiger partial charge is 0.490 e. The summed E-state index contributed by atoms with van der Waals surface area (Å²) in [5.74, 6) is -0.654. The minimum atomic E-state index is -0.965. The van der Waals surface area contributed by atoms with Gasteiger partial charge in [0.2, 0.25) is 0 Å². The summed E-state index contributed by atoms with van der Waals surface area (Å²) in [6.07, 6.45) is 0. The summed E-state index contributed by atoms with van der Waals surface area (Å²) in [6.45, 7) is 2.18. The molecule has 0 atom stereocenters. The molecule has 0 spiro atoms. The Labute approximate surface area is 160 Å². The van der Waals surface area contributed by atoms with Gasteiger partial charge in [0.25, 0.3) is 0 Å². The van der Waals surface area contributed by atoms with E-state index in [1.807, 2.05) is 6.92 Å². The molecule has 0 aliphatic carbocycles. The lowest BCUT2D eigenvalue weighted by Gasteiger charge is -2.16. The van der Waals surface area contributed by atoms with Gasteiger partial charge in [0, 0.05) is 23.2 Å². The third-order valence-electron chi connectivity index (χ3n) is 3.44. The van der Waals surface area contributed by atoms with Crippen molar-refractivity contribution in [2.24, 2.45) is 0 Å². The number of benzene rings is 2. The van der Waals surface area contributed by atoms with E-state index in [2.05, 4.69) is 5.32 Å². The molecule has 0 radical (unpaired) electrons. The second-order valence-corrected chi connectivity index (χ2v) is 6.12. The maximum Gasteiger partial charge on any atom is 0.317 e. The molecule has 0 aliphatic rings. The molecule has 2 rings (SSSR count). The highest BCUT2D eigenvalue weighted by molar-refractivity contribution is 6.31. The van der Waals surface area contributed by atoms with Crippen molar-refractivity contribution in [1.82, 2.24) is 5.32 Å². The fraction of sp³-hybridized carbons (Fsp3) is 0.278. The van der Waals surface area contributed by atoms with Gasteiger partial charge < -0.3 is 19.9 Å². The van der Waals surface area contributed by atoms with E-state index in [1.54, 1.807) is 18.2 Å². The number of aliphatic carboxylic acids is 1. The van der Waals surface area contributed by atoms with Crippen molar-refractivity contribution in [3.63, 3.8) is 0 Å². The van der Waals surface area contributed by atoms with Gasteiger partial charge in [-0.15, -0.1) is 0 Å². The van der Waals surface area contributed by atoms with Crippen molar-refractivity contribution >= 4 is 29.2 Å². The molecule has 0 saturated heterocycles. The molecule has 0 unspecified atom stereocenters. The molecular formula is C18H18Cl2FNO4. The molecule has 2 N–H and O–H groups in total. The molecule has 0 heterocycles. The SMILES string of the molecule is CCOc1cc(CNCC(=O)O)c(Cl)cc1OCc1c(F)cccc1Cl. The van der Waals surface area contributed by atoms with Crippen LogP contribution in [0.25, 0.3) is 0 Å². The van der Waals surface area contributed by atoms with E-state index in [4.69, 9.17) is 37.8 Å². The second-order valence-electron chi connectivity index (χ2n) is 5.31. The molecule has 0 amide bonds. The number of hydrogen-bond acceptors (Lipinski definition) is 4. The molecule has 8 heteroatoms. The van der Waals surface area contributed by atoms with Crippen LogP contribution in [-0.4, -0.2) is 24.2 Å². The molecule has 5 nitrogen and oxygen atoms in total. The van der Waals surface area contributed by atoms with Crippen LogP contribution in [0.3, 0.4) is 0 Å². The minimum absolute atomic E-state index is 0.0848. The fourth-order valence-corrected chi connectivity index (χ4v) is 2.66. The van der Waals surface area contributed by atoms with Crippen LogP contribution in [0.15, 0.2) is 30.3 Å². The summed E-state index contributed by atoms with van der Waals surface area (Å²) < 4.78 is 25.1. The Morgan fingerprint density at radius 3 is 2.58 bits per heavy atom. The van der Waals surface area contributed by atoms with Gasteiger partial charge in [0.15, 0.2) is 11.5 Å². The maximum absolute atomic E-state index is 13.9. The van der Waals surface area contributed by atoms with Crippen LogP contribution in [0, 0.1) is 5.82 Å². The lowest BCUT2D eigenvalue weighted by Crippen LogP contribution is -2.22. The zero-order chi connectivity index (χ0) is 19.1. The lowest BCUT2D eigenvalue weighted by atomic mass is 10.2. The summed E-state index contributed by atoms with van der Waals surface area (Å²) in [6, 6.07) is 7.62. The molecular weight excluding hydrogens is 384 g/mol. The van der Waals surface area contributed by atoms with Crippen LogP contribution in [0.4, 0.5) is 4.39 Å². The predicted molar refractivity (Wildman–Crippen MR) is 97.7 cm³/mol. The molecule has 2 aromatic carbocycles. The first-order chi connectivity index (χ1) is 12.4. The summed E-state index contributed by atoms with van der Waals surface area (Å²) in [5, 5.41) is 12.1. The number of carbonyl (C=O) groups is 1. The number of halogens is 3. The Kier molecular flexibility index (Phi) is 7.50. The quantitative estimate of drug-likeness (QED) is 0.655. The Balaban J connectivity index is 2.19. The number of ether oxygens (including phenoxy) is 2. The first-order valence-corrected chi connectivity index (χ1v) is 8.61. The number of rotatable bonds is 9. The molecule has 0 saturated carbocycles. The average Bonchev–Trinajstić information content (AvgIpc) is 2.57. The zero-order valence-electron chi connectivity index (χ0n) is 14.0. The van der Waals surface area contributed by atoms with Crippen LogP contribution >= 0.6 is 23.2 Å². The average molecular weight is 402 g/mol. The Morgan fingerprint density at radius 2 is 1.92 bits per heavy atom. The number of carboxylic acid groups (broad SMARTS) is 1. The highest BCUT2D eigenvalue weighted by Crippen LogP contribution is 2.35.